The van der Waals surface area contributed by atoms with E-state index in [-0.39, 0.29) is 5.30 Å². The molecular weight excluding hydrogens is 287 g/mol. The quantitative estimate of drug-likeness (QED) is 0.727. The van der Waals surface area contributed by atoms with Gasteiger partial charge in [-0.05, 0) is 29.7 Å². The van der Waals surface area contributed by atoms with E-state index in [0.29, 0.717) is 11.5 Å². The summed E-state index contributed by atoms with van der Waals surface area (Å²) in [6, 6.07) is 19.5. The van der Waals surface area contributed by atoms with E-state index in [2.05, 4.69) is 0 Å². The Morgan fingerprint density at radius 1 is 0.857 bits per heavy atom. The van der Waals surface area contributed by atoms with Gasteiger partial charge in [-0.3, -0.25) is 4.57 Å². The molecule has 0 aliphatic carbocycles. The van der Waals surface area contributed by atoms with E-state index in [0.717, 1.165) is 10.8 Å². The third-order valence-corrected chi connectivity index (χ3v) is 4.08. The molecule has 0 aromatic heterocycles. The minimum atomic E-state index is -4.28. The van der Waals surface area contributed by atoms with Crippen LogP contribution in [0.15, 0.2) is 66.7 Å². The number of rotatable bonds is 3. The lowest BCUT2D eigenvalue weighted by molar-refractivity contribution is 0.387. The van der Waals surface area contributed by atoms with E-state index < -0.39 is 7.60 Å². The van der Waals surface area contributed by atoms with Crippen molar-refractivity contribution < 1.29 is 19.1 Å². The zero-order chi connectivity index (χ0) is 14.9. The summed E-state index contributed by atoms with van der Waals surface area (Å²) in [6.45, 7) is 0. The van der Waals surface area contributed by atoms with Gasteiger partial charge in [-0.2, -0.15) is 0 Å². The summed E-state index contributed by atoms with van der Waals surface area (Å²) < 4.78 is 17.1. The lowest BCUT2D eigenvalue weighted by Gasteiger charge is -2.10. The van der Waals surface area contributed by atoms with Gasteiger partial charge in [0, 0.05) is 5.39 Å². The first-order valence-corrected chi connectivity index (χ1v) is 7.97. The Morgan fingerprint density at radius 2 is 1.57 bits per heavy atom. The maximum atomic E-state index is 11.3. The second-order valence-corrected chi connectivity index (χ2v) is 6.23. The van der Waals surface area contributed by atoms with Crippen molar-refractivity contribution >= 4 is 23.7 Å². The van der Waals surface area contributed by atoms with Crippen LogP contribution >= 0.6 is 7.60 Å². The molecule has 0 aliphatic heterocycles. The van der Waals surface area contributed by atoms with E-state index >= 15 is 0 Å². The van der Waals surface area contributed by atoms with Gasteiger partial charge >= 0.3 is 7.60 Å². The number of hydrogen-bond acceptors (Lipinski definition) is 2. The predicted molar refractivity (Wildman–Crippen MR) is 82.1 cm³/mol. The van der Waals surface area contributed by atoms with Crippen LogP contribution in [0.2, 0.25) is 0 Å². The van der Waals surface area contributed by atoms with Crippen LogP contribution in [0.3, 0.4) is 0 Å². The lowest BCUT2D eigenvalue weighted by Crippen LogP contribution is -2.03. The zero-order valence-corrected chi connectivity index (χ0v) is 11.9. The molecule has 106 valence electrons. The molecule has 0 fully saturated rings. The van der Waals surface area contributed by atoms with Gasteiger partial charge in [-0.15, -0.1) is 0 Å². The molecule has 21 heavy (non-hydrogen) atoms. The fourth-order valence-corrected chi connectivity index (χ4v) is 2.72. The van der Waals surface area contributed by atoms with E-state index in [9.17, 15) is 14.4 Å². The molecule has 0 aliphatic rings. The van der Waals surface area contributed by atoms with Crippen molar-refractivity contribution in [1.29, 1.82) is 0 Å². The van der Waals surface area contributed by atoms with Crippen LogP contribution in [0.1, 0.15) is 0 Å². The summed E-state index contributed by atoms with van der Waals surface area (Å²) in [5, 5.41) is 1.93. The molecule has 3 aromatic rings. The van der Waals surface area contributed by atoms with Crippen molar-refractivity contribution in [3.05, 3.63) is 66.7 Å². The Hall–Kier alpha value is -2.13. The van der Waals surface area contributed by atoms with Crippen LogP contribution in [-0.2, 0) is 4.57 Å². The molecule has 0 amide bonds. The molecule has 0 spiro atoms. The van der Waals surface area contributed by atoms with Gasteiger partial charge in [0.2, 0.25) is 0 Å². The minimum Gasteiger partial charge on any atom is -0.457 e. The van der Waals surface area contributed by atoms with Crippen molar-refractivity contribution in [3.8, 4) is 11.5 Å². The van der Waals surface area contributed by atoms with E-state index in [1.165, 1.54) is 12.1 Å². The Bertz CT molecular complexity index is 833. The summed E-state index contributed by atoms with van der Waals surface area (Å²) in [5.41, 5.74) is 0. The molecule has 0 saturated carbocycles. The number of ether oxygens (including phenoxy) is 1. The smallest absolute Gasteiger partial charge is 0.356 e. The number of fused-ring (bicyclic) bond motifs is 1. The van der Waals surface area contributed by atoms with Gasteiger partial charge in [0.25, 0.3) is 0 Å². The van der Waals surface area contributed by atoms with Gasteiger partial charge < -0.3 is 14.5 Å². The maximum absolute atomic E-state index is 11.3. The van der Waals surface area contributed by atoms with Gasteiger partial charge in [-0.25, -0.2) is 0 Å². The molecule has 0 unspecified atom stereocenters. The second-order valence-electron chi connectivity index (χ2n) is 4.62. The molecule has 2 N–H and O–H groups in total. The first-order chi connectivity index (χ1) is 10.0. The average Bonchev–Trinajstić information content (AvgIpc) is 2.47. The summed E-state index contributed by atoms with van der Waals surface area (Å²) in [7, 11) is -4.28. The molecular formula is C16H13O4P. The van der Waals surface area contributed by atoms with Crippen LogP contribution in [0.25, 0.3) is 10.8 Å². The van der Waals surface area contributed by atoms with E-state index in [4.69, 9.17) is 4.74 Å². The maximum Gasteiger partial charge on any atom is 0.356 e. The highest BCUT2D eigenvalue weighted by Gasteiger charge is 2.17. The molecule has 3 aromatic carbocycles. The van der Waals surface area contributed by atoms with Crippen molar-refractivity contribution in [1.82, 2.24) is 0 Å². The predicted octanol–water partition coefficient (Wildman–Crippen LogP) is 3.44. The lowest BCUT2D eigenvalue weighted by atomic mass is 10.1. The van der Waals surface area contributed by atoms with Crippen LogP contribution in [-0.4, -0.2) is 9.79 Å². The standard InChI is InChI=1S/C16H13O4P/c17-21(18,19)14-8-4-7-13(11-14)20-16-10-3-6-12-5-1-2-9-15(12)16/h1-11H,(H2,17,18,19). The summed E-state index contributed by atoms with van der Waals surface area (Å²) in [4.78, 5) is 18.4. The summed E-state index contributed by atoms with van der Waals surface area (Å²) in [6.07, 6.45) is 0. The molecule has 5 heteroatoms. The molecule has 0 heterocycles. The fraction of sp³-hybridized carbons (Fsp3) is 0. The first kappa shape index (κ1) is 13.8. The first-order valence-electron chi connectivity index (χ1n) is 6.36. The zero-order valence-electron chi connectivity index (χ0n) is 11.0. The molecule has 3 rings (SSSR count). The highest BCUT2D eigenvalue weighted by molar-refractivity contribution is 7.60. The Balaban J connectivity index is 2.01. The second kappa shape index (κ2) is 5.34. The molecule has 0 radical (unpaired) electrons. The van der Waals surface area contributed by atoms with Gasteiger partial charge in [0.1, 0.15) is 11.5 Å². The van der Waals surface area contributed by atoms with Gasteiger partial charge in [0.15, 0.2) is 0 Å². The molecule has 0 bridgehead atoms. The SMILES string of the molecule is O=P(O)(O)c1cccc(Oc2cccc3ccccc23)c1. The summed E-state index contributed by atoms with van der Waals surface area (Å²) in [5.74, 6) is 1.04. The topological polar surface area (TPSA) is 66.8 Å². The molecule has 0 saturated heterocycles. The Morgan fingerprint density at radius 3 is 2.38 bits per heavy atom. The van der Waals surface area contributed by atoms with Crippen LogP contribution in [0.5, 0.6) is 11.5 Å². The van der Waals surface area contributed by atoms with Crippen LogP contribution < -0.4 is 10.0 Å². The fourth-order valence-electron chi connectivity index (χ4n) is 2.14. The summed E-state index contributed by atoms with van der Waals surface area (Å²) >= 11 is 0. The Kier molecular flexibility index (Phi) is 3.52. The highest BCUT2D eigenvalue weighted by Crippen LogP contribution is 2.35. The highest BCUT2D eigenvalue weighted by atomic mass is 31.2. The largest absolute Gasteiger partial charge is 0.457 e. The van der Waals surface area contributed by atoms with E-state index in [1.807, 2.05) is 42.5 Å². The number of hydrogen-bond donors (Lipinski definition) is 2. The monoisotopic (exact) mass is 300 g/mol. The van der Waals surface area contributed by atoms with Crippen molar-refractivity contribution in [2.45, 2.75) is 0 Å². The van der Waals surface area contributed by atoms with E-state index in [1.54, 1.807) is 12.1 Å². The Labute approximate surface area is 121 Å². The van der Waals surface area contributed by atoms with Gasteiger partial charge in [0.05, 0.1) is 5.30 Å². The van der Waals surface area contributed by atoms with Crippen LogP contribution in [0.4, 0.5) is 0 Å². The normalized spacial score (nSPS) is 11.5. The van der Waals surface area contributed by atoms with Crippen molar-refractivity contribution in [2.24, 2.45) is 0 Å². The molecule has 4 nitrogen and oxygen atoms in total. The van der Waals surface area contributed by atoms with Crippen molar-refractivity contribution in [2.75, 3.05) is 0 Å². The number of benzene rings is 3. The van der Waals surface area contributed by atoms with Gasteiger partial charge in [-0.1, -0.05) is 42.5 Å². The van der Waals surface area contributed by atoms with Crippen LogP contribution in [0, 0.1) is 0 Å². The molecule has 0 atom stereocenters. The average molecular weight is 300 g/mol. The minimum absolute atomic E-state index is 0.0553. The third-order valence-electron chi connectivity index (χ3n) is 3.13. The third kappa shape index (κ3) is 2.98. The van der Waals surface area contributed by atoms with Crippen molar-refractivity contribution in [3.63, 3.8) is 0 Å².